The summed E-state index contributed by atoms with van der Waals surface area (Å²) >= 11 is 3.38. The van der Waals surface area contributed by atoms with E-state index in [1.165, 1.54) is 12.1 Å². The molecular weight excluding hydrogens is 296 g/mol. The minimum absolute atomic E-state index is 0.0466. The molecule has 0 aliphatic carbocycles. The van der Waals surface area contributed by atoms with Crippen molar-refractivity contribution in [2.24, 2.45) is 0 Å². The number of carbonyl (C=O) groups excluding carboxylic acids is 1. The number of phenolic OH excluding ortho intramolecular Hbond substituents is 1. The Balaban J connectivity index is 2.03. The smallest absolute Gasteiger partial charge is 0.338 e. The molecule has 0 amide bonds. The van der Waals surface area contributed by atoms with Gasteiger partial charge in [0.25, 0.3) is 0 Å². The quantitative estimate of drug-likeness (QED) is 0.883. The van der Waals surface area contributed by atoms with E-state index in [0.717, 1.165) is 10.0 Å². The van der Waals surface area contributed by atoms with Crippen molar-refractivity contribution in [3.05, 3.63) is 64.1 Å². The van der Waals surface area contributed by atoms with Crippen LogP contribution >= 0.6 is 15.9 Å². The summed E-state index contributed by atoms with van der Waals surface area (Å²) in [5.41, 5.74) is 1.23. The third-order valence-corrected chi connectivity index (χ3v) is 3.17. The van der Waals surface area contributed by atoms with Gasteiger partial charge in [0.2, 0.25) is 0 Å². The predicted octanol–water partition coefficient (Wildman–Crippen LogP) is 3.51. The van der Waals surface area contributed by atoms with E-state index in [9.17, 15) is 9.90 Å². The van der Waals surface area contributed by atoms with Crippen molar-refractivity contribution < 1.29 is 14.6 Å². The molecule has 18 heavy (non-hydrogen) atoms. The topological polar surface area (TPSA) is 46.5 Å². The number of hydrogen-bond acceptors (Lipinski definition) is 3. The van der Waals surface area contributed by atoms with Gasteiger partial charge in [0.1, 0.15) is 12.4 Å². The highest BCUT2D eigenvalue weighted by molar-refractivity contribution is 9.10. The summed E-state index contributed by atoms with van der Waals surface area (Å²) in [7, 11) is 0. The van der Waals surface area contributed by atoms with Gasteiger partial charge in [-0.15, -0.1) is 0 Å². The fraction of sp³-hybridized carbons (Fsp3) is 0.0714. The number of esters is 1. The molecule has 92 valence electrons. The fourth-order valence-electron chi connectivity index (χ4n) is 1.47. The van der Waals surface area contributed by atoms with Crippen LogP contribution in [0.5, 0.6) is 5.75 Å². The van der Waals surface area contributed by atoms with E-state index in [4.69, 9.17) is 4.74 Å². The van der Waals surface area contributed by atoms with Crippen LogP contribution in [0.25, 0.3) is 0 Å². The zero-order valence-electron chi connectivity index (χ0n) is 9.47. The number of ether oxygens (including phenoxy) is 1. The molecule has 2 aromatic carbocycles. The molecule has 0 radical (unpaired) electrons. The zero-order valence-corrected chi connectivity index (χ0v) is 11.1. The molecule has 0 aromatic heterocycles. The molecular formula is C14H11BrO3. The third-order valence-electron chi connectivity index (χ3n) is 2.40. The molecule has 0 saturated carbocycles. The minimum atomic E-state index is -0.457. The number of hydrogen-bond donors (Lipinski definition) is 1. The van der Waals surface area contributed by atoms with Crippen molar-refractivity contribution >= 4 is 21.9 Å². The van der Waals surface area contributed by atoms with Crippen molar-refractivity contribution in [3.8, 4) is 5.75 Å². The molecule has 0 spiro atoms. The van der Waals surface area contributed by atoms with Gasteiger partial charge in [0.05, 0.1) is 5.56 Å². The molecule has 0 aliphatic rings. The lowest BCUT2D eigenvalue weighted by Gasteiger charge is -2.06. The fourth-order valence-corrected chi connectivity index (χ4v) is 1.87. The molecule has 4 heteroatoms. The Hall–Kier alpha value is -1.81. The number of halogens is 1. The SMILES string of the molecule is O=C(OCc1ccccc1Br)c1cccc(O)c1. The molecule has 0 bridgehead atoms. The molecule has 0 heterocycles. The largest absolute Gasteiger partial charge is 0.508 e. The average Bonchev–Trinajstić information content (AvgIpc) is 2.37. The molecule has 3 nitrogen and oxygen atoms in total. The number of phenols is 1. The lowest BCUT2D eigenvalue weighted by molar-refractivity contribution is 0.0471. The van der Waals surface area contributed by atoms with Gasteiger partial charge in [0, 0.05) is 10.0 Å². The van der Waals surface area contributed by atoms with E-state index in [0.29, 0.717) is 5.56 Å². The Kier molecular flexibility index (Phi) is 3.99. The number of aromatic hydroxyl groups is 1. The third kappa shape index (κ3) is 3.11. The van der Waals surface area contributed by atoms with Crippen LogP contribution in [0.1, 0.15) is 15.9 Å². The molecule has 2 rings (SSSR count). The maximum atomic E-state index is 11.7. The zero-order chi connectivity index (χ0) is 13.0. The van der Waals surface area contributed by atoms with Crippen LogP contribution in [0, 0.1) is 0 Å². The maximum absolute atomic E-state index is 11.7. The summed E-state index contributed by atoms with van der Waals surface area (Å²) in [6.45, 7) is 0.190. The van der Waals surface area contributed by atoms with Gasteiger partial charge in [-0.3, -0.25) is 0 Å². The monoisotopic (exact) mass is 306 g/mol. The van der Waals surface area contributed by atoms with Crippen molar-refractivity contribution in [2.75, 3.05) is 0 Å². The second-order valence-electron chi connectivity index (χ2n) is 3.72. The Labute approximate surface area is 113 Å². The van der Waals surface area contributed by atoms with Crippen LogP contribution in [0.3, 0.4) is 0 Å². The number of benzene rings is 2. The van der Waals surface area contributed by atoms with Crippen LogP contribution in [-0.4, -0.2) is 11.1 Å². The van der Waals surface area contributed by atoms with Crippen LogP contribution in [0.15, 0.2) is 53.0 Å². The summed E-state index contributed by atoms with van der Waals surface area (Å²) in [5, 5.41) is 9.28. The average molecular weight is 307 g/mol. The van der Waals surface area contributed by atoms with E-state index < -0.39 is 5.97 Å². The minimum Gasteiger partial charge on any atom is -0.508 e. The molecule has 1 N–H and O–H groups in total. The van der Waals surface area contributed by atoms with Crippen LogP contribution in [-0.2, 0) is 11.3 Å². The van der Waals surface area contributed by atoms with Crippen LogP contribution in [0.2, 0.25) is 0 Å². The lowest BCUT2D eigenvalue weighted by atomic mass is 10.2. The highest BCUT2D eigenvalue weighted by Crippen LogP contribution is 2.18. The van der Waals surface area contributed by atoms with Crippen molar-refractivity contribution in [1.82, 2.24) is 0 Å². The van der Waals surface area contributed by atoms with Crippen molar-refractivity contribution in [1.29, 1.82) is 0 Å². The van der Waals surface area contributed by atoms with E-state index in [1.54, 1.807) is 12.1 Å². The lowest BCUT2D eigenvalue weighted by Crippen LogP contribution is -2.05. The first-order valence-corrected chi connectivity index (χ1v) is 6.15. The van der Waals surface area contributed by atoms with Crippen molar-refractivity contribution in [3.63, 3.8) is 0 Å². The Morgan fingerprint density at radius 3 is 2.67 bits per heavy atom. The second-order valence-corrected chi connectivity index (χ2v) is 4.57. The van der Waals surface area contributed by atoms with Gasteiger partial charge in [-0.1, -0.05) is 40.2 Å². The summed E-state index contributed by atoms with van der Waals surface area (Å²) in [4.78, 5) is 11.7. The van der Waals surface area contributed by atoms with Crippen LogP contribution in [0.4, 0.5) is 0 Å². The molecule has 0 aliphatic heterocycles. The van der Waals surface area contributed by atoms with E-state index >= 15 is 0 Å². The molecule has 0 fully saturated rings. The van der Waals surface area contributed by atoms with Gasteiger partial charge >= 0.3 is 5.97 Å². The Bertz CT molecular complexity index is 566. The number of rotatable bonds is 3. The molecule has 0 atom stereocenters. The number of carbonyl (C=O) groups is 1. The highest BCUT2D eigenvalue weighted by atomic mass is 79.9. The van der Waals surface area contributed by atoms with E-state index in [1.807, 2.05) is 24.3 Å². The van der Waals surface area contributed by atoms with Crippen LogP contribution < -0.4 is 0 Å². The Morgan fingerprint density at radius 2 is 1.94 bits per heavy atom. The Morgan fingerprint density at radius 1 is 1.17 bits per heavy atom. The summed E-state index contributed by atoms with van der Waals surface area (Å²) in [6, 6.07) is 13.6. The van der Waals surface area contributed by atoms with Gasteiger partial charge in [-0.05, 0) is 24.3 Å². The maximum Gasteiger partial charge on any atom is 0.338 e. The normalized spacial score (nSPS) is 10.1. The summed E-state index contributed by atoms with van der Waals surface area (Å²) in [6.07, 6.45) is 0. The van der Waals surface area contributed by atoms with Crippen molar-refractivity contribution in [2.45, 2.75) is 6.61 Å². The highest BCUT2D eigenvalue weighted by Gasteiger charge is 2.08. The van der Waals surface area contributed by atoms with Gasteiger partial charge < -0.3 is 9.84 Å². The van der Waals surface area contributed by atoms with Gasteiger partial charge in [0.15, 0.2) is 0 Å². The van der Waals surface area contributed by atoms with Gasteiger partial charge in [-0.2, -0.15) is 0 Å². The molecule has 0 saturated heterocycles. The molecule has 2 aromatic rings. The first kappa shape index (κ1) is 12.6. The van der Waals surface area contributed by atoms with E-state index in [-0.39, 0.29) is 12.4 Å². The first-order chi connectivity index (χ1) is 8.66. The first-order valence-electron chi connectivity index (χ1n) is 5.36. The predicted molar refractivity (Wildman–Crippen MR) is 71.4 cm³/mol. The van der Waals surface area contributed by atoms with E-state index in [2.05, 4.69) is 15.9 Å². The van der Waals surface area contributed by atoms with Gasteiger partial charge in [-0.25, -0.2) is 4.79 Å². The molecule has 0 unspecified atom stereocenters. The standard InChI is InChI=1S/C14H11BrO3/c15-13-7-2-1-4-11(13)9-18-14(17)10-5-3-6-12(16)8-10/h1-8,16H,9H2. The summed E-state index contributed by atoms with van der Waals surface area (Å²) < 4.78 is 6.07. The summed E-state index contributed by atoms with van der Waals surface area (Å²) in [5.74, 6) is -0.410. The second kappa shape index (κ2) is 5.69.